The lowest BCUT2D eigenvalue weighted by Crippen LogP contribution is -1.76. The van der Waals surface area contributed by atoms with E-state index in [1.807, 2.05) is 28.8 Å². The normalized spacial score (nSPS) is 10.5. The minimum Gasteiger partial charge on any atom is -0.305 e. The lowest BCUT2D eigenvalue weighted by molar-refractivity contribution is 1.14. The van der Waals surface area contributed by atoms with Crippen LogP contribution in [0.4, 0.5) is 0 Å². The van der Waals surface area contributed by atoms with Crippen LogP contribution in [-0.2, 0) is 0 Å². The van der Waals surface area contributed by atoms with Gasteiger partial charge in [0.15, 0.2) is 0 Å². The van der Waals surface area contributed by atoms with Crippen molar-refractivity contribution in [2.24, 2.45) is 0 Å². The van der Waals surface area contributed by atoms with Crippen molar-refractivity contribution in [3.63, 3.8) is 0 Å². The highest BCUT2D eigenvalue weighted by atomic mass is 32.1. The number of imidazole rings is 1. The van der Waals surface area contributed by atoms with Gasteiger partial charge in [0.05, 0.1) is 5.52 Å². The highest BCUT2D eigenvalue weighted by Gasteiger charge is 1.95. The van der Waals surface area contributed by atoms with Gasteiger partial charge in [-0.15, -0.1) is 12.6 Å². The molecule has 2 nitrogen and oxygen atoms in total. The van der Waals surface area contributed by atoms with E-state index in [1.54, 1.807) is 6.33 Å². The van der Waals surface area contributed by atoms with Crippen LogP contribution in [-0.4, -0.2) is 9.38 Å². The third-order valence-electron chi connectivity index (χ3n) is 1.42. The second-order valence-electron chi connectivity index (χ2n) is 2.06. The van der Waals surface area contributed by atoms with E-state index < -0.39 is 0 Å². The quantitative estimate of drug-likeness (QED) is 0.565. The first-order chi connectivity index (χ1) is 4.88. The van der Waals surface area contributed by atoms with E-state index in [1.165, 1.54) is 0 Å². The molecule has 50 valence electrons. The molecule has 0 aliphatic rings. The number of fused-ring (bicyclic) bond motifs is 1. The van der Waals surface area contributed by atoms with Gasteiger partial charge in [0, 0.05) is 6.20 Å². The van der Waals surface area contributed by atoms with E-state index in [-0.39, 0.29) is 0 Å². The van der Waals surface area contributed by atoms with E-state index in [0.717, 1.165) is 10.5 Å². The van der Waals surface area contributed by atoms with Crippen molar-refractivity contribution in [3.8, 4) is 0 Å². The molecule has 0 amide bonds. The van der Waals surface area contributed by atoms with Gasteiger partial charge < -0.3 is 4.40 Å². The molecule has 0 unspecified atom stereocenters. The summed E-state index contributed by atoms with van der Waals surface area (Å²) in [6, 6.07) is 5.91. The molecule has 0 atom stereocenters. The van der Waals surface area contributed by atoms with E-state index in [2.05, 4.69) is 17.6 Å². The second kappa shape index (κ2) is 2.02. The Labute approximate surface area is 63.9 Å². The molecule has 2 heterocycles. The van der Waals surface area contributed by atoms with Gasteiger partial charge in [0.2, 0.25) is 0 Å². The third-order valence-corrected chi connectivity index (χ3v) is 1.77. The van der Waals surface area contributed by atoms with Gasteiger partial charge in [0.25, 0.3) is 0 Å². The van der Waals surface area contributed by atoms with Gasteiger partial charge in [-0.3, -0.25) is 0 Å². The molecule has 3 heteroatoms. The number of hydrogen-bond acceptors (Lipinski definition) is 2. The highest BCUT2D eigenvalue weighted by Crippen LogP contribution is 2.11. The summed E-state index contributed by atoms with van der Waals surface area (Å²) < 4.78 is 1.93. The molecule has 10 heavy (non-hydrogen) atoms. The lowest BCUT2D eigenvalue weighted by Gasteiger charge is -1.89. The first kappa shape index (κ1) is 5.80. The largest absolute Gasteiger partial charge is 0.305 e. The predicted octanol–water partition coefficient (Wildman–Crippen LogP) is 1.62. The monoisotopic (exact) mass is 150 g/mol. The molecule has 2 aromatic rings. The number of aromatic nitrogens is 2. The number of thiol groups is 1. The van der Waals surface area contributed by atoms with E-state index in [9.17, 15) is 0 Å². The standard InChI is InChI=1S/C7H6N2S/c10-7-6-3-1-2-4-9(6)5-8-7/h1-5,10H. The van der Waals surface area contributed by atoms with Crippen molar-refractivity contribution in [1.29, 1.82) is 0 Å². The Balaban J connectivity index is 2.93. The minimum absolute atomic E-state index is 0.778. The van der Waals surface area contributed by atoms with Crippen molar-refractivity contribution in [2.75, 3.05) is 0 Å². The Morgan fingerprint density at radius 3 is 3.10 bits per heavy atom. The number of hydrogen-bond donors (Lipinski definition) is 1. The first-order valence-electron chi connectivity index (χ1n) is 2.98. The van der Waals surface area contributed by atoms with Gasteiger partial charge in [-0.2, -0.15) is 0 Å². The Morgan fingerprint density at radius 1 is 1.40 bits per heavy atom. The van der Waals surface area contributed by atoms with Gasteiger partial charge in [-0.25, -0.2) is 4.98 Å². The fraction of sp³-hybridized carbons (Fsp3) is 0. The van der Waals surface area contributed by atoms with Crippen molar-refractivity contribution in [2.45, 2.75) is 5.03 Å². The maximum absolute atomic E-state index is 4.17. The van der Waals surface area contributed by atoms with Crippen molar-refractivity contribution in [1.82, 2.24) is 9.38 Å². The number of rotatable bonds is 0. The molecule has 0 radical (unpaired) electrons. The zero-order valence-corrected chi connectivity index (χ0v) is 6.12. The van der Waals surface area contributed by atoms with Crippen LogP contribution in [0.1, 0.15) is 0 Å². The molecular weight excluding hydrogens is 144 g/mol. The van der Waals surface area contributed by atoms with Crippen LogP contribution in [0.25, 0.3) is 5.52 Å². The van der Waals surface area contributed by atoms with E-state index in [4.69, 9.17) is 0 Å². The maximum Gasteiger partial charge on any atom is 0.119 e. The fourth-order valence-electron chi connectivity index (χ4n) is 0.929. The number of nitrogens with zero attached hydrogens (tertiary/aromatic N) is 2. The number of pyridine rings is 1. The van der Waals surface area contributed by atoms with E-state index >= 15 is 0 Å². The van der Waals surface area contributed by atoms with Crippen molar-refractivity contribution in [3.05, 3.63) is 30.7 Å². The molecule has 0 saturated carbocycles. The molecule has 0 aliphatic carbocycles. The van der Waals surface area contributed by atoms with Crippen LogP contribution >= 0.6 is 12.6 Å². The summed E-state index contributed by atoms with van der Waals surface area (Å²) in [6.07, 6.45) is 3.69. The van der Waals surface area contributed by atoms with Crippen molar-refractivity contribution < 1.29 is 0 Å². The third kappa shape index (κ3) is 0.708. The van der Waals surface area contributed by atoms with Crippen LogP contribution in [0.3, 0.4) is 0 Å². The average Bonchev–Trinajstić information content (AvgIpc) is 2.34. The minimum atomic E-state index is 0.778. The van der Waals surface area contributed by atoms with Crippen molar-refractivity contribution >= 4 is 18.1 Å². The average molecular weight is 150 g/mol. The summed E-state index contributed by atoms with van der Waals surface area (Å²) in [5.74, 6) is 0. The van der Waals surface area contributed by atoms with Crippen LogP contribution in [0, 0.1) is 0 Å². The maximum atomic E-state index is 4.17. The smallest absolute Gasteiger partial charge is 0.119 e. The predicted molar refractivity (Wildman–Crippen MR) is 42.4 cm³/mol. The fourth-order valence-corrected chi connectivity index (χ4v) is 1.17. The van der Waals surface area contributed by atoms with Crippen LogP contribution in [0.5, 0.6) is 0 Å². The molecule has 0 aliphatic heterocycles. The van der Waals surface area contributed by atoms with Crippen LogP contribution < -0.4 is 0 Å². The van der Waals surface area contributed by atoms with Gasteiger partial charge >= 0.3 is 0 Å². The summed E-state index contributed by atoms with van der Waals surface area (Å²) in [4.78, 5) is 4.02. The SMILES string of the molecule is Sc1ncn2ccccc12. The summed E-state index contributed by atoms with van der Waals surface area (Å²) >= 11 is 4.17. The van der Waals surface area contributed by atoms with Gasteiger partial charge in [-0.05, 0) is 12.1 Å². The molecule has 0 spiro atoms. The molecule has 2 aromatic heterocycles. The molecule has 0 bridgehead atoms. The Bertz CT molecular complexity index is 353. The van der Waals surface area contributed by atoms with Gasteiger partial charge in [-0.1, -0.05) is 6.07 Å². The van der Waals surface area contributed by atoms with Crippen LogP contribution in [0.15, 0.2) is 35.7 Å². The lowest BCUT2D eigenvalue weighted by atomic mass is 10.4. The van der Waals surface area contributed by atoms with E-state index in [0.29, 0.717) is 0 Å². The molecule has 2 rings (SSSR count). The summed E-state index contributed by atoms with van der Waals surface area (Å²) in [7, 11) is 0. The molecule has 0 fully saturated rings. The Hall–Kier alpha value is -0.960. The topological polar surface area (TPSA) is 17.3 Å². The zero-order valence-electron chi connectivity index (χ0n) is 5.23. The second-order valence-corrected chi connectivity index (χ2v) is 2.48. The molecule has 0 N–H and O–H groups in total. The van der Waals surface area contributed by atoms with Crippen LogP contribution in [0.2, 0.25) is 0 Å². The summed E-state index contributed by atoms with van der Waals surface area (Å²) in [5.41, 5.74) is 1.05. The summed E-state index contributed by atoms with van der Waals surface area (Å²) in [5, 5.41) is 0.778. The molecule has 0 aromatic carbocycles. The first-order valence-corrected chi connectivity index (χ1v) is 3.43. The van der Waals surface area contributed by atoms with Gasteiger partial charge in [0.1, 0.15) is 11.4 Å². The Kier molecular flexibility index (Phi) is 1.17. The zero-order chi connectivity index (χ0) is 6.97. The molecule has 0 saturated heterocycles. The molecular formula is C7H6N2S. The summed E-state index contributed by atoms with van der Waals surface area (Å²) in [6.45, 7) is 0. The highest BCUT2D eigenvalue weighted by molar-refractivity contribution is 7.80. The Morgan fingerprint density at radius 2 is 2.30 bits per heavy atom.